The van der Waals surface area contributed by atoms with Gasteiger partial charge < -0.3 is 19.5 Å². The Morgan fingerprint density at radius 3 is 2.25 bits per heavy atom. The number of hydrogen-bond acceptors (Lipinski definition) is 4. The average molecular weight is 393 g/mol. The van der Waals surface area contributed by atoms with Crippen LogP contribution in [0.25, 0.3) is 0 Å². The summed E-state index contributed by atoms with van der Waals surface area (Å²) >= 11 is 0. The zero-order valence-electron chi connectivity index (χ0n) is 15.8. The third kappa shape index (κ3) is 4.97. The molecule has 2 aromatic rings. The largest absolute Gasteiger partial charge is 0.493 e. The minimum Gasteiger partial charge on any atom is -0.493 e. The molecule has 28 heavy (non-hydrogen) atoms. The van der Waals surface area contributed by atoms with E-state index in [0.717, 1.165) is 12.1 Å². The van der Waals surface area contributed by atoms with E-state index < -0.39 is 23.5 Å². The lowest BCUT2D eigenvalue weighted by Gasteiger charge is -2.24. The molecule has 0 radical (unpaired) electrons. The third-order valence-electron chi connectivity index (χ3n) is 4.20. The maximum absolute atomic E-state index is 13.5. The normalized spacial score (nSPS) is 10.5. The molecule has 0 fully saturated rings. The summed E-state index contributed by atoms with van der Waals surface area (Å²) in [4.78, 5) is 25.3. The predicted molar refractivity (Wildman–Crippen MR) is 97.6 cm³/mol. The number of carboxylic acid groups (broad SMARTS) is 1. The van der Waals surface area contributed by atoms with Crippen molar-refractivity contribution in [2.45, 2.75) is 19.9 Å². The standard InChI is InChI=1S/C20H21F2NO5/c1-12-8-17(27-2)18(28-3)10-14(12)20(26)23(7-6-19(24)25)11-13-4-5-15(21)16(22)9-13/h4-5,8-10H,6-7,11H2,1-3H3,(H,24,25). The van der Waals surface area contributed by atoms with Crippen LogP contribution < -0.4 is 9.47 Å². The Bertz CT molecular complexity index is 885. The molecule has 0 aliphatic carbocycles. The molecule has 0 aliphatic heterocycles. The van der Waals surface area contributed by atoms with Gasteiger partial charge in [-0.2, -0.15) is 0 Å². The summed E-state index contributed by atoms with van der Waals surface area (Å²) in [5.74, 6) is -2.76. The van der Waals surface area contributed by atoms with Gasteiger partial charge in [0.1, 0.15) is 0 Å². The Labute approximate surface area is 161 Å². The topological polar surface area (TPSA) is 76.1 Å². The van der Waals surface area contributed by atoms with E-state index in [9.17, 15) is 18.4 Å². The Kier molecular flexibility index (Phi) is 6.92. The fourth-order valence-corrected chi connectivity index (χ4v) is 2.72. The van der Waals surface area contributed by atoms with E-state index in [-0.39, 0.29) is 19.5 Å². The maximum atomic E-state index is 13.5. The van der Waals surface area contributed by atoms with Crippen molar-refractivity contribution < 1.29 is 33.0 Å². The molecule has 1 amide bonds. The molecule has 150 valence electrons. The van der Waals surface area contributed by atoms with Gasteiger partial charge in [-0.05, 0) is 42.3 Å². The average Bonchev–Trinajstić information content (AvgIpc) is 2.66. The number of carbonyl (C=O) groups is 2. The van der Waals surface area contributed by atoms with Gasteiger partial charge in [0.2, 0.25) is 0 Å². The lowest BCUT2D eigenvalue weighted by atomic mass is 10.1. The van der Waals surface area contributed by atoms with Gasteiger partial charge >= 0.3 is 5.97 Å². The molecule has 1 N–H and O–H groups in total. The van der Waals surface area contributed by atoms with Gasteiger partial charge in [-0.15, -0.1) is 0 Å². The minimum atomic E-state index is -1.08. The van der Waals surface area contributed by atoms with Gasteiger partial charge in [0.15, 0.2) is 23.1 Å². The lowest BCUT2D eigenvalue weighted by Crippen LogP contribution is -2.33. The van der Waals surface area contributed by atoms with Crippen LogP contribution in [0.3, 0.4) is 0 Å². The van der Waals surface area contributed by atoms with Crippen molar-refractivity contribution in [3.05, 3.63) is 58.7 Å². The number of carbonyl (C=O) groups excluding carboxylic acids is 1. The van der Waals surface area contributed by atoms with Crippen LogP contribution in [0.4, 0.5) is 8.78 Å². The molecule has 0 bridgehead atoms. The van der Waals surface area contributed by atoms with Crippen LogP contribution in [0.1, 0.15) is 27.9 Å². The monoisotopic (exact) mass is 393 g/mol. The Hall–Kier alpha value is -3.16. The number of aryl methyl sites for hydroxylation is 1. The first-order chi connectivity index (χ1) is 13.3. The summed E-state index contributed by atoms with van der Waals surface area (Å²) in [5.41, 5.74) is 1.25. The summed E-state index contributed by atoms with van der Waals surface area (Å²) in [5, 5.41) is 8.98. The minimum absolute atomic E-state index is 0.0723. The molecular weight excluding hydrogens is 372 g/mol. The first-order valence-corrected chi connectivity index (χ1v) is 8.44. The Morgan fingerprint density at radius 1 is 1.04 bits per heavy atom. The fraction of sp³-hybridized carbons (Fsp3) is 0.300. The first-order valence-electron chi connectivity index (χ1n) is 8.44. The van der Waals surface area contributed by atoms with Crippen molar-refractivity contribution in [1.82, 2.24) is 4.90 Å². The van der Waals surface area contributed by atoms with Gasteiger partial charge in [0, 0.05) is 18.7 Å². The van der Waals surface area contributed by atoms with E-state index in [4.69, 9.17) is 14.6 Å². The van der Waals surface area contributed by atoms with Crippen LogP contribution in [-0.4, -0.2) is 42.6 Å². The van der Waals surface area contributed by atoms with Crippen molar-refractivity contribution in [3.63, 3.8) is 0 Å². The molecule has 0 unspecified atom stereocenters. The number of halogens is 2. The summed E-state index contributed by atoms with van der Waals surface area (Å²) < 4.78 is 37.1. The van der Waals surface area contributed by atoms with Gasteiger partial charge in [0.05, 0.1) is 20.6 Å². The number of carboxylic acids is 1. The van der Waals surface area contributed by atoms with Gasteiger partial charge in [0.25, 0.3) is 5.91 Å². The molecule has 8 heteroatoms. The number of nitrogens with zero attached hydrogens (tertiary/aromatic N) is 1. The molecule has 2 rings (SSSR count). The quantitative estimate of drug-likeness (QED) is 0.744. The zero-order chi connectivity index (χ0) is 20.8. The second-order valence-electron chi connectivity index (χ2n) is 6.14. The van der Waals surface area contributed by atoms with Crippen molar-refractivity contribution in [3.8, 4) is 11.5 Å². The number of rotatable bonds is 8. The molecular formula is C20H21F2NO5. The van der Waals surface area contributed by atoms with Crippen molar-refractivity contribution in [2.24, 2.45) is 0 Å². The summed E-state index contributed by atoms with van der Waals surface area (Å²) in [6.07, 6.45) is -0.290. The number of ether oxygens (including phenoxy) is 2. The first kappa shape index (κ1) is 21.1. The van der Waals surface area contributed by atoms with E-state index in [1.54, 1.807) is 13.0 Å². The van der Waals surface area contributed by atoms with Crippen molar-refractivity contribution in [2.75, 3.05) is 20.8 Å². The highest BCUT2D eigenvalue weighted by molar-refractivity contribution is 5.96. The second-order valence-corrected chi connectivity index (χ2v) is 6.14. The molecule has 0 saturated carbocycles. The highest BCUT2D eigenvalue weighted by Gasteiger charge is 2.22. The van der Waals surface area contributed by atoms with Gasteiger partial charge in [-0.25, -0.2) is 8.78 Å². The van der Waals surface area contributed by atoms with E-state index in [2.05, 4.69) is 0 Å². The fourth-order valence-electron chi connectivity index (χ4n) is 2.72. The summed E-state index contributed by atoms with van der Waals surface area (Å²) in [7, 11) is 2.91. The van der Waals surface area contributed by atoms with E-state index in [1.807, 2.05) is 0 Å². The highest BCUT2D eigenvalue weighted by atomic mass is 19.2. The van der Waals surface area contributed by atoms with Gasteiger partial charge in [-0.1, -0.05) is 6.07 Å². The van der Waals surface area contributed by atoms with Gasteiger partial charge in [-0.3, -0.25) is 9.59 Å². The van der Waals surface area contributed by atoms with Crippen LogP contribution in [0.15, 0.2) is 30.3 Å². The van der Waals surface area contributed by atoms with E-state index in [0.29, 0.717) is 28.2 Å². The zero-order valence-corrected chi connectivity index (χ0v) is 15.8. The summed E-state index contributed by atoms with van der Waals surface area (Å²) in [6, 6.07) is 6.44. The molecule has 0 heterocycles. The molecule has 0 aromatic heterocycles. The summed E-state index contributed by atoms with van der Waals surface area (Å²) in [6.45, 7) is 1.54. The number of aliphatic carboxylic acids is 1. The number of amides is 1. The maximum Gasteiger partial charge on any atom is 0.305 e. The molecule has 0 aliphatic rings. The lowest BCUT2D eigenvalue weighted by molar-refractivity contribution is -0.137. The second kappa shape index (κ2) is 9.16. The third-order valence-corrected chi connectivity index (χ3v) is 4.20. The van der Waals surface area contributed by atoms with Crippen LogP contribution in [0.5, 0.6) is 11.5 Å². The van der Waals surface area contributed by atoms with Crippen molar-refractivity contribution in [1.29, 1.82) is 0 Å². The van der Waals surface area contributed by atoms with Crippen LogP contribution in [0, 0.1) is 18.6 Å². The molecule has 0 atom stereocenters. The number of methoxy groups -OCH3 is 2. The SMILES string of the molecule is COc1cc(C)c(C(=O)N(CCC(=O)O)Cc2ccc(F)c(F)c2)cc1OC. The smallest absolute Gasteiger partial charge is 0.305 e. The highest BCUT2D eigenvalue weighted by Crippen LogP contribution is 2.31. The van der Waals surface area contributed by atoms with Crippen molar-refractivity contribution >= 4 is 11.9 Å². The molecule has 0 saturated heterocycles. The Morgan fingerprint density at radius 2 is 1.68 bits per heavy atom. The van der Waals surface area contributed by atoms with Crippen LogP contribution in [0.2, 0.25) is 0 Å². The predicted octanol–water partition coefficient (Wildman–Crippen LogP) is 3.41. The van der Waals surface area contributed by atoms with Crippen LogP contribution in [-0.2, 0) is 11.3 Å². The van der Waals surface area contributed by atoms with E-state index >= 15 is 0 Å². The number of benzene rings is 2. The molecule has 6 nitrogen and oxygen atoms in total. The number of hydrogen-bond donors (Lipinski definition) is 1. The molecule has 0 spiro atoms. The van der Waals surface area contributed by atoms with Crippen LogP contribution >= 0.6 is 0 Å². The Balaban J connectivity index is 2.38. The molecule has 2 aromatic carbocycles. The van der Waals surface area contributed by atoms with E-state index in [1.165, 1.54) is 31.3 Å².